The van der Waals surface area contributed by atoms with E-state index in [4.69, 9.17) is 30.5 Å². The number of benzene rings is 6. The Morgan fingerprint density at radius 3 is 1.11 bits per heavy atom. The number of para-hydroxylation sites is 3. The number of hydrogen-bond acceptors (Lipinski definition) is 21. The molecule has 1 aliphatic heterocycles. The standard InChI is InChI=1S/C27H32N8.C24H26N6O2.C23H23ClN6O2/c1-4-33-14-16-34(17-15-33)23-10-8-22(9-11-23)31-24-18-25(30-19-29-24)35-13-12-28-27(35)32-26-20(2)6-5-7-21(26)3;1-17-5-4-6-18(2)23(17)29-24-25-11-12-30(24)22-15-21(26-16-27-22)28-19-7-9-20(10-8-19)32-14-13-31-3;1-16-4-3-5-19(24)22(16)29-23-25-10-11-30(23)21-14-20(26-15-27-21)28-17-6-8-18(9-7-17)32-13-12-31-2/h5-13,18-19H,4,14-17H2,1-3H3,(H,28,32)(H,29,30,31);4-12,15-16H,13-14H2,1-3H3,(H,25,29)(H,26,27,28);3-11,14-15H,12-13H2,1-2H3,(H,25,29)(H,26,27,28). The summed E-state index contributed by atoms with van der Waals surface area (Å²) in [5, 5.41) is 20.8. The second-order valence-electron chi connectivity index (χ2n) is 23.1. The number of likely N-dealkylation sites (N-methyl/N-ethyl adjacent to an activating group) is 1. The summed E-state index contributed by atoms with van der Waals surface area (Å²) in [7, 11) is 3.30. The topological polar surface area (TPSA) is 246 Å². The van der Waals surface area contributed by atoms with Gasteiger partial charge in [0.05, 0.1) is 23.9 Å². The fourth-order valence-electron chi connectivity index (χ4n) is 10.8. The zero-order valence-corrected chi connectivity index (χ0v) is 57.4. The Hall–Kier alpha value is -11.4. The quantitative estimate of drug-likeness (QED) is 0.0291. The molecule has 0 bridgehead atoms. The Labute approximate surface area is 581 Å². The molecule has 13 rings (SSSR count). The molecule has 7 heterocycles. The van der Waals surface area contributed by atoms with Gasteiger partial charge in [-0.15, -0.1) is 0 Å². The van der Waals surface area contributed by atoms with Crippen molar-refractivity contribution in [1.82, 2.24) is 63.5 Å². The lowest BCUT2D eigenvalue weighted by Crippen LogP contribution is -2.46. The van der Waals surface area contributed by atoms with Crippen LogP contribution in [-0.4, -0.2) is 137 Å². The molecule has 0 aliphatic carbocycles. The van der Waals surface area contributed by atoms with Crippen molar-refractivity contribution in [3.63, 3.8) is 0 Å². The molecular weight excluding hydrogens is 1270 g/mol. The maximum atomic E-state index is 6.36. The Morgan fingerprint density at radius 1 is 0.394 bits per heavy atom. The number of hydrogen-bond donors (Lipinski definition) is 6. The van der Waals surface area contributed by atoms with Crippen molar-refractivity contribution in [2.75, 3.05) is 110 Å². The van der Waals surface area contributed by atoms with Crippen molar-refractivity contribution < 1.29 is 18.9 Å². The molecule has 6 N–H and O–H groups in total. The number of piperazine rings is 1. The van der Waals surface area contributed by atoms with Crippen molar-refractivity contribution >= 4 is 86.7 Å². The Morgan fingerprint density at radius 2 is 0.747 bits per heavy atom. The van der Waals surface area contributed by atoms with Crippen LogP contribution in [0.1, 0.15) is 34.7 Å². The molecule has 0 unspecified atom stereocenters. The largest absolute Gasteiger partial charge is 0.491 e. The van der Waals surface area contributed by atoms with E-state index in [2.05, 4.69) is 176 Å². The minimum Gasteiger partial charge on any atom is -0.491 e. The summed E-state index contributed by atoms with van der Waals surface area (Å²) >= 11 is 6.36. The molecule has 99 heavy (non-hydrogen) atoms. The molecule has 6 aromatic heterocycles. The van der Waals surface area contributed by atoms with Crippen LogP contribution in [0.4, 0.5) is 75.1 Å². The molecule has 1 saturated heterocycles. The SMILES string of the molecule is CCN1CCN(c2ccc(Nc3cc(-n4ccnc4Nc4c(C)cccc4C)ncn3)cc2)CC1.COCCOc1ccc(Nc2cc(-n3ccnc3Nc3c(C)cccc3C)ncn2)cc1.COCCOc1ccc(Nc2cc(-n3ccnc3Nc3c(C)cccc3Cl)ncn2)cc1. The highest BCUT2D eigenvalue weighted by Gasteiger charge is 2.18. The Kier molecular flexibility index (Phi) is 23.7. The van der Waals surface area contributed by atoms with Gasteiger partial charge in [0.1, 0.15) is 78.6 Å². The fraction of sp³-hybridized carbons (Fsp3) is 0.230. The molecule has 1 aliphatic rings. The fourth-order valence-corrected chi connectivity index (χ4v) is 11.1. The van der Waals surface area contributed by atoms with Crippen molar-refractivity contribution in [3.05, 3.63) is 235 Å². The monoisotopic (exact) mass is 1350 g/mol. The van der Waals surface area contributed by atoms with Gasteiger partial charge in [0.25, 0.3) is 0 Å². The summed E-state index contributed by atoms with van der Waals surface area (Å²) in [5.74, 6) is 7.71. The van der Waals surface area contributed by atoms with Gasteiger partial charge in [-0.2, -0.15) is 0 Å². The van der Waals surface area contributed by atoms with Gasteiger partial charge in [0.15, 0.2) is 0 Å². The molecule has 12 aromatic rings. The van der Waals surface area contributed by atoms with Crippen molar-refractivity contribution in [2.24, 2.45) is 0 Å². The number of anilines is 13. The van der Waals surface area contributed by atoms with Gasteiger partial charge in [-0.1, -0.05) is 67.1 Å². The van der Waals surface area contributed by atoms with Crippen molar-refractivity contribution in [3.8, 4) is 29.0 Å². The molecule has 24 nitrogen and oxygen atoms in total. The van der Waals surface area contributed by atoms with E-state index >= 15 is 0 Å². The van der Waals surface area contributed by atoms with Crippen LogP contribution in [0.2, 0.25) is 5.02 Å². The number of halogens is 1. The first-order valence-corrected chi connectivity index (χ1v) is 32.8. The number of nitrogens with one attached hydrogen (secondary N) is 6. The smallest absolute Gasteiger partial charge is 0.213 e. The van der Waals surface area contributed by atoms with Crippen LogP contribution in [-0.2, 0) is 9.47 Å². The van der Waals surface area contributed by atoms with E-state index in [1.807, 2.05) is 130 Å². The lowest BCUT2D eigenvalue weighted by Gasteiger charge is -2.35. The molecule has 1 fully saturated rings. The Balaban J connectivity index is 0.000000150. The van der Waals surface area contributed by atoms with E-state index < -0.39 is 0 Å². The van der Waals surface area contributed by atoms with Crippen molar-refractivity contribution in [2.45, 2.75) is 41.5 Å². The lowest BCUT2D eigenvalue weighted by atomic mass is 10.1. The zero-order chi connectivity index (χ0) is 68.9. The van der Waals surface area contributed by atoms with Gasteiger partial charge in [-0.05, 0) is 148 Å². The maximum absolute atomic E-state index is 6.36. The molecule has 0 amide bonds. The van der Waals surface area contributed by atoms with Crippen LogP contribution >= 0.6 is 11.6 Å². The molecule has 0 saturated carbocycles. The normalized spacial score (nSPS) is 11.9. The summed E-state index contributed by atoms with van der Waals surface area (Å²) < 4.78 is 26.8. The lowest BCUT2D eigenvalue weighted by molar-refractivity contribution is 0.146. The third-order valence-corrected chi connectivity index (χ3v) is 16.5. The average Bonchev–Trinajstić information content (AvgIpc) is 1.77. The first-order valence-electron chi connectivity index (χ1n) is 32.5. The second kappa shape index (κ2) is 34.0. The van der Waals surface area contributed by atoms with Gasteiger partial charge in [-0.3, -0.25) is 13.7 Å². The first-order chi connectivity index (χ1) is 48.4. The van der Waals surface area contributed by atoms with E-state index in [9.17, 15) is 0 Å². The van der Waals surface area contributed by atoms with Crippen LogP contribution in [0, 0.1) is 34.6 Å². The van der Waals surface area contributed by atoms with Crippen LogP contribution in [0.3, 0.4) is 0 Å². The average molecular weight is 1350 g/mol. The van der Waals surface area contributed by atoms with E-state index in [1.54, 1.807) is 39.1 Å². The third kappa shape index (κ3) is 18.6. The predicted molar refractivity (Wildman–Crippen MR) is 394 cm³/mol. The Bertz CT molecular complexity index is 4290. The van der Waals surface area contributed by atoms with Gasteiger partial charge in [0, 0.05) is 130 Å². The minimum absolute atomic E-state index is 0.507. The second-order valence-corrected chi connectivity index (χ2v) is 23.5. The van der Waals surface area contributed by atoms with Crippen LogP contribution in [0.25, 0.3) is 17.5 Å². The van der Waals surface area contributed by atoms with Crippen molar-refractivity contribution in [1.29, 1.82) is 0 Å². The summed E-state index contributed by atoms with van der Waals surface area (Å²) in [4.78, 5) is 44.7. The predicted octanol–water partition coefficient (Wildman–Crippen LogP) is 14.8. The molecular formula is C74H81ClN20O4. The number of nitrogens with zero attached hydrogens (tertiary/aromatic N) is 14. The van der Waals surface area contributed by atoms with E-state index in [-0.39, 0.29) is 0 Å². The van der Waals surface area contributed by atoms with Gasteiger partial charge in [-0.25, -0.2) is 44.9 Å². The molecule has 508 valence electrons. The molecule has 0 radical (unpaired) electrons. The number of methoxy groups -OCH3 is 2. The van der Waals surface area contributed by atoms with Gasteiger partial charge < -0.3 is 60.6 Å². The van der Waals surface area contributed by atoms with Crippen LogP contribution < -0.4 is 46.3 Å². The number of rotatable bonds is 25. The summed E-state index contributed by atoms with van der Waals surface area (Å²) in [6, 6.07) is 47.7. The first kappa shape index (κ1) is 68.9. The van der Waals surface area contributed by atoms with E-state index in [0.717, 1.165) is 107 Å². The number of ether oxygens (including phenoxy) is 4. The summed E-state index contributed by atoms with van der Waals surface area (Å²) in [5.41, 5.74) is 12.6. The molecule has 6 aromatic carbocycles. The molecule has 25 heteroatoms. The minimum atomic E-state index is 0.507. The highest BCUT2D eigenvalue weighted by atomic mass is 35.5. The van der Waals surface area contributed by atoms with Gasteiger partial charge >= 0.3 is 0 Å². The molecule has 0 atom stereocenters. The van der Waals surface area contributed by atoms with Gasteiger partial charge in [0.2, 0.25) is 17.8 Å². The van der Waals surface area contributed by atoms with Crippen LogP contribution in [0.15, 0.2) is 202 Å². The highest BCUT2D eigenvalue weighted by Crippen LogP contribution is 2.32. The van der Waals surface area contributed by atoms with Crippen LogP contribution in [0.5, 0.6) is 11.5 Å². The summed E-state index contributed by atoms with van der Waals surface area (Å²) in [6.07, 6.45) is 15.4. The van der Waals surface area contributed by atoms with E-state index in [0.29, 0.717) is 72.6 Å². The number of imidazole rings is 3. The highest BCUT2D eigenvalue weighted by molar-refractivity contribution is 6.33. The third-order valence-electron chi connectivity index (χ3n) is 16.2. The molecule has 0 spiro atoms. The maximum Gasteiger partial charge on any atom is 0.213 e. The number of aromatic nitrogens is 12. The van der Waals surface area contributed by atoms with E-state index in [1.165, 1.54) is 29.5 Å². The zero-order valence-electron chi connectivity index (χ0n) is 56.7. The summed E-state index contributed by atoms with van der Waals surface area (Å²) in [6.45, 7) is 20.2. The number of aryl methyl sites for hydroxylation is 5.